The Kier molecular flexibility index (Phi) is 6.29. The molecule has 1 aliphatic carbocycles. The smallest absolute Gasteiger partial charge is 0.337 e. The van der Waals surface area contributed by atoms with Gasteiger partial charge in [-0.15, -0.1) is 0 Å². The van der Waals surface area contributed by atoms with Gasteiger partial charge in [-0.1, -0.05) is 12.1 Å². The van der Waals surface area contributed by atoms with E-state index in [0.29, 0.717) is 17.7 Å². The summed E-state index contributed by atoms with van der Waals surface area (Å²) < 4.78 is 4.64. The molecular weight excluding hydrogens is 370 g/mol. The number of benzene rings is 2. The molecule has 1 atom stereocenters. The third-order valence-electron chi connectivity index (χ3n) is 4.95. The Morgan fingerprint density at radius 2 is 1.72 bits per heavy atom. The van der Waals surface area contributed by atoms with E-state index in [9.17, 15) is 14.4 Å². The number of esters is 1. The first-order chi connectivity index (χ1) is 13.9. The number of hydrogen-bond acceptors (Lipinski definition) is 5. The molecule has 3 N–H and O–H groups in total. The molecule has 1 saturated carbocycles. The number of amides is 2. The van der Waals surface area contributed by atoms with E-state index < -0.39 is 12.0 Å². The van der Waals surface area contributed by atoms with Crippen LogP contribution < -0.4 is 16.0 Å². The molecule has 0 heterocycles. The van der Waals surface area contributed by atoms with E-state index in [1.54, 1.807) is 36.2 Å². The second-order valence-electron chi connectivity index (χ2n) is 7.21. The average molecular weight is 395 g/mol. The summed E-state index contributed by atoms with van der Waals surface area (Å²) in [6.07, 6.45) is 2.31. The molecule has 2 aromatic rings. The third kappa shape index (κ3) is 5.20. The molecule has 1 fully saturated rings. The van der Waals surface area contributed by atoms with Gasteiger partial charge >= 0.3 is 5.97 Å². The number of nitrogens with two attached hydrogens (primary N) is 1. The molecule has 152 valence electrons. The molecule has 0 radical (unpaired) electrons. The van der Waals surface area contributed by atoms with E-state index in [2.05, 4.69) is 10.1 Å². The van der Waals surface area contributed by atoms with Gasteiger partial charge in [0.25, 0.3) is 0 Å². The zero-order valence-corrected chi connectivity index (χ0v) is 16.6. The Hall–Kier alpha value is -3.19. The van der Waals surface area contributed by atoms with E-state index in [1.807, 2.05) is 24.3 Å². The molecule has 0 spiro atoms. The second kappa shape index (κ2) is 8.87. The summed E-state index contributed by atoms with van der Waals surface area (Å²) in [5.41, 5.74) is 8.73. The quantitative estimate of drug-likeness (QED) is 0.701. The number of rotatable bonds is 7. The van der Waals surface area contributed by atoms with Crippen LogP contribution in [0.2, 0.25) is 0 Å². The van der Waals surface area contributed by atoms with Crippen LogP contribution in [0.3, 0.4) is 0 Å². The zero-order valence-electron chi connectivity index (χ0n) is 16.6. The molecular formula is C22H25N3O4. The third-order valence-corrected chi connectivity index (χ3v) is 4.95. The Morgan fingerprint density at radius 3 is 2.28 bits per heavy atom. The molecule has 7 heteroatoms. The summed E-state index contributed by atoms with van der Waals surface area (Å²) in [5, 5.41) is 2.74. The maximum Gasteiger partial charge on any atom is 0.337 e. The fraction of sp³-hybridized carbons (Fsp3) is 0.318. The van der Waals surface area contributed by atoms with Crippen LogP contribution in [0.15, 0.2) is 48.5 Å². The van der Waals surface area contributed by atoms with Crippen molar-refractivity contribution in [3.63, 3.8) is 0 Å². The Morgan fingerprint density at radius 1 is 1.10 bits per heavy atom. The number of nitrogens with one attached hydrogen (secondary N) is 1. The van der Waals surface area contributed by atoms with Crippen LogP contribution in [-0.2, 0) is 20.7 Å². The Bertz CT molecular complexity index is 889. The predicted octanol–water partition coefficient (Wildman–Crippen LogP) is 2.35. The van der Waals surface area contributed by atoms with Crippen LogP contribution in [0.25, 0.3) is 0 Å². The highest BCUT2D eigenvalue weighted by atomic mass is 16.5. The summed E-state index contributed by atoms with van der Waals surface area (Å²) in [6.45, 7) is 0. The molecule has 0 saturated heterocycles. The normalized spacial score (nSPS) is 14.0. The number of nitrogens with zero attached hydrogens (tertiary/aromatic N) is 1. The van der Waals surface area contributed by atoms with Gasteiger partial charge in [0.1, 0.15) is 0 Å². The van der Waals surface area contributed by atoms with E-state index in [1.165, 1.54) is 7.11 Å². The fourth-order valence-corrected chi connectivity index (χ4v) is 2.98. The van der Waals surface area contributed by atoms with Gasteiger partial charge in [-0.25, -0.2) is 4.79 Å². The van der Waals surface area contributed by atoms with Gasteiger partial charge in [-0.2, -0.15) is 0 Å². The van der Waals surface area contributed by atoms with Crippen molar-refractivity contribution in [2.24, 2.45) is 11.7 Å². The number of carbonyl (C=O) groups is 3. The second-order valence-corrected chi connectivity index (χ2v) is 7.21. The number of anilines is 2. The SMILES string of the molecule is COC(=O)c1ccc(NC(=O)[C@@H](N)Cc2ccc(N(C)C(=O)C3CC3)cc2)cc1. The van der Waals surface area contributed by atoms with Crippen LogP contribution in [-0.4, -0.2) is 38.0 Å². The molecule has 0 aliphatic heterocycles. The molecule has 3 rings (SSSR count). The lowest BCUT2D eigenvalue weighted by atomic mass is 10.0. The van der Waals surface area contributed by atoms with Gasteiger partial charge in [0.2, 0.25) is 11.8 Å². The van der Waals surface area contributed by atoms with Crippen molar-refractivity contribution < 1.29 is 19.1 Å². The standard InChI is InChI=1S/C22H25N3O4/c1-25(21(27)15-5-6-15)18-11-3-14(4-12-18)13-19(23)20(26)24-17-9-7-16(8-10-17)22(28)29-2/h3-4,7-12,15,19H,5-6,13,23H2,1-2H3,(H,24,26)/t19-/m0/s1. The lowest BCUT2D eigenvalue weighted by Crippen LogP contribution is -2.37. The monoisotopic (exact) mass is 395 g/mol. The minimum Gasteiger partial charge on any atom is -0.465 e. The summed E-state index contributed by atoms with van der Waals surface area (Å²) in [7, 11) is 3.09. The van der Waals surface area contributed by atoms with E-state index in [-0.39, 0.29) is 17.7 Å². The fourth-order valence-electron chi connectivity index (χ4n) is 2.98. The zero-order chi connectivity index (χ0) is 21.0. The molecule has 0 bridgehead atoms. The van der Waals surface area contributed by atoms with Gasteiger partial charge in [0.05, 0.1) is 18.7 Å². The van der Waals surface area contributed by atoms with E-state index >= 15 is 0 Å². The van der Waals surface area contributed by atoms with Gasteiger partial charge in [-0.3, -0.25) is 9.59 Å². The van der Waals surface area contributed by atoms with Crippen molar-refractivity contribution in [1.29, 1.82) is 0 Å². The molecule has 29 heavy (non-hydrogen) atoms. The van der Waals surface area contributed by atoms with Gasteiger partial charge in [0, 0.05) is 24.3 Å². The van der Waals surface area contributed by atoms with Crippen LogP contribution in [0, 0.1) is 5.92 Å². The molecule has 1 aliphatic rings. The average Bonchev–Trinajstić information content (AvgIpc) is 3.58. The van der Waals surface area contributed by atoms with Crippen molar-refractivity contribution in [3.05, 3.63) is 59.7 Å². The van der Waals surface area contributed by atoms with Crippen molar-refractivity contribution in [2.45, 2.75) is 25.3 Å². The Labute approximate surface area is 169 Å². The van der Waals surface area contributed by atoms with Crippen LogP contribution in [0.5, 0.6) is 0 Å². The molecule has 0 unspecified atom stereocenters. The minimum absolute atomic E-state index is 0.145. The summed E-state index contributed by atoms with van der Waals surface area (Å²) in [5.74, 6) is -0.445. The predicted molar refractivity (Wildman–Crippen MR) is 111 cm³/mol. The van der Waals surface area contributed by atoms with Gasteiger partial charge in [-0.05, 0) is 61.2 Å². The lowest BCUT2D eigenvalue weighted by Gasteiger charge is -2.18. The van der Waals surface area contributed by atoms with Crippen LogP contribution >= 0.6 is 0 Å². The highest BCUT2D eigenvalue weighted by Gasteiger charge is 2.32. The van der Waals surface area contributed by atoms with Crippen molar-refractivity contribution in [1.82, 2.24) is 0 Å². The molecule has 7 nitrogen and oxygen atoms in total. The maximum atomic E-state index is 12.4. The highest BCUT2D eigenvalue weighted by molar-refractivity contribution is 5.96. The van der Waals surface area contributed by atoms with Crippen LogP contribution in [0.4, 0.5) is 11.4 Å². The van der Waals surface area contributed by atoms with Crippen molar-refractivity contribution in [3.8, 4) is 0 Å². The number of methoxy groups -OCH3 is 1. The topological polar surface area (TPSA) is 102 Å². The largest absolute Gasteiger partial charge is 0.465 e. The Balaban J connectivity index is 1.55. The number of carbonyl (C=O) groups excluding carboxylic acids is 3. The van der Waals surface area contributed by atoms with Crippen molar-refractivity contribution >= 4 is 29.2 Å². The number of hydrogen-bond donors (Lipinski definition) is 2. The lowest BCUT2D eigenvalue weighted by molar-refractivity contribution is -0.119. The summed E-state index contributed by atoms with van der Waals surface area (Å²) in [4.78, 5) is 37.6. The summed E-state index contributed by atoms with van der Waals surface area (Å²) >= 11 is 0. The minimum atomic E-state index is -0.730. The molecule has 0 aromatic heterocycles. The molecule has 2 amide bonds. The highest BCUT2D eigenvalue weighted by Crippen LogP contribution is 2.32. The first-order valence-electron chi connectivity index (χ1n) is 9.50. The maximum absolute atomic E-state index is 12.4. The first-order valence-corrected chi connectivity index (χ1v) is 9.50. The molecule has 2 aromatic carbocycles. The number of ether oxygens (including phenoxy) is 1. The van der Waals surface area contributed by atoms with Gasteiger partial charge < -0.3 is 20.7 Å². The van der Waals surface area contributed by atoms with Crippen LogP contribution in [0.1, 0.15) is 28.8 Å². The first kappa shape index (κ1) is 20.5. The van der Waals surface area contributed by atoms with E-state index in [4.69, 9.17) is 5.73 Å². The van der Waals surface area contributed by atoms with Gasteiger partial charge in [0.15, 0.2) is 0 Å². The summed E-state index contributed by atoms with van der Waals surface area (Å²) in [6, 6.07) is 13.2. The van der Waals surface area contributed by atoms with E-state index in [0.717, 1.165) is 24.1 Å². The van der Waals surface area contributed by atoms with Crippen molar-refractivity contribution in [2.75, 3.05) is 24.4 Å².